The predicted molar refractivity (Wildman–Crippen MR) is 124 cm³/mol. The van der Waals surface area contributed by atoms with Gasteiger partial charge in [0.1, 0.15) is 29.9 Å². The average Bonchev–Trinajstić information content (AvgIpc) is 3.41. The van der Waals surface area contributed by atoms with E-state index in [-0.39, 0.29) is 18.2 Å². The van der Waals surface area contributed by atoms with Crippen molar-refractivity contribution in [1.29, 1.82) is 0 Å². The highest BCUT2D eigenvalue weighted by Gasteiger charge is 2.52. The summed E-state index contributed by atoms with van der Waals surface area (Å²) in [6.07, 6.45) is 6.53. The van der Waals surface area contributed by atoms with Crippen LogP contribution in [0.25, 0.3) is 11.0 Å². The lowest BCUT2D eigenvalue weighted by atomic mass is 10.1. The van der Waals surface area contributed by atoms with Crippen LogP contribution >= 0.6 is 0 Å². The van der Waals surface area contributed by atoms with Crippen molar-refractivity contribution in [3.8, 4) is 5.75 Å². The third-order valence-corrected chi connectivity index (χ3v) is 6.82. The molecular weight excluding hydrogens is 402 g/mol. The van der Waals surface area contributed by atoms with Crippen LogP contribution in [0.4, 0.5) is 0 Å². The van der Waals surface area contributed by atoms with Crippen molar-refractivity contribution in [3.63, 3.8) is 0 Å². The highest BCUT2D eigenvalue weighted by Crippen LogP contribution is 2.48. The molecule has 0 bridgehead atoms. The summed E-state index contributed by atoms with van der Waals surface area (Å²) < 4.78 is 20.2. The number of hydrogen-bond acceptors (Lipinski definition) is 5. The Labute approximate surface area is 189 Å². The van der Waals surface area contributed by atoms with Gasteiger partial charge in [0.15, 0.2) is 5.79 Å². The molecule has 0 spiro atoms. The van der Waals surface area contributed by atoms with Crippen LogP contribution < -0.4 is 4.74 Å². The third-order valence-electron chi connectivity index (χ3n) is 6.82. The number of fused-ring (bicyclic) bond motifs is 2. The van der Waals surface area contributed by atoms with Gasteiger partial charge < -0.3 is 18.8 Å². The molecule has 6 nitrogen and oxygen atoms in total. The second-order valence-electron chi connectivity index (χ2n) is 9.16. The van der Waals surface area contributed by atoms with E-state index in [1.165, 1.54) is 16.7 Å². The number of methoxy groups -OCH3 is 1. The Kier molecular flexibility index (Phi) is 5.30. The molecule has 0 saturated carbocycles. The van der Waals surface area contributed by atoms with Crippen LogP contribution in [0.15, 0.2) is 54.0 Å². The molecule has 2 aliphatic rings. The largest absolute Gasteiger partial charge is 0.497 e. The van der Waals surface area contributed by atoms with Gasteiger partial charge in [-0.05, 0) is 74.9 Å². The summed E-state index contributed by atoms with van der Waals surface area (Å²) in [5.41, 5.74) is 5.97. The zero-order valence-corrected chi connectivity index (χ0v) is 19.5. The van der Waals surface area contributed by atoms with Gasteiger partial charge in [-0.1, -0.05) is 19.1 Å². The first-order valence-electron chi connectivity index (χ1n) is 11.4. The third kappa shape index (κ3) is 3.51. The topological polar surface area (TPSA) is 58.4 Å². The van der Waals surface area contributed by atoms with Gasteiger partial charge in [-0.3, -0.25) is 0 Å². The maximum absolute atomic E-state index is 6.38. The zero-order valence-electron chi connectivity index (χ0n) is 19.5. The van der Waals surface area contributed by atoms with Crippen LogP contribution in [0.5, 0.6) is 5.75 Å². The Balaban J connectivity index is 1.45. The molecule has 1 saturated heterocycles. The van der Waals surface area contributed by atoms with Crippen molar-refractivity contribution in [1.82, 2.24) is 14.5 Å². The standard InChI is InChI=1S/C26H31N3O3/c1-6-19-16(2)22(24-23(19)31-26(3,4)32-24)29-14-13-20-21(27-15-28-25(20)29)12-9-17-7-10-18(30-5)11-8-17/h7-8,10-11,13-15,22-24H,6,9,12H2,1-5H3/t22-,23-,24+/m1/s1. The van der Waals surface area contributed by atoms with Crippen LogP contribution in [0.2, 0.25) is 0 Å². The van der Waals surface area contributed by atoms with Crippen molar-refractivity contribution in [2.24, 2.45) is 0 Å². The van der Waals surface area contributed by atoms with Gasteiger partial charge in [0.05, 0.1) is 18.8 Å². The van der Waals surface area contributed by atoms with E-state index in [2.05, 4.69) is 52.8 Å². The molecule has 1 aromatic carbocycles. The van der Waals surface area contributed by atoms with Gasteiger partial charge in [0.25, 0.3) is 0 Å². The molecule has 3 atom stereocenters. The Morgan fingerprint density at radius 3 is 2.56 bits per heavy atom. The quantitative estimate of drug-likeness (QED) is 0.511. The molecule has 168 valence electrons. The fourth-order valence-electron chi connectivity index (χ4n) is 5.30. The van der Waals surface area contributed by atoms with Crippen molar-refractivity contribution >= 4 is 11.0 Å². The van der Waals surface area contributed by atoms with Gasteiger partial charge in [-0.25, -0.2) is 9.97 Å². The van der Waals surface area contributed by atoms with Gasteiger partial charge in [-0.2, -0.15) is 0 Å². The van der Waals surface area contributed by atoms with Crippen LogP contribution in [-0.2, 0) is 22.3 Å². The Morgan fingerprint density at radius 1 is 1.06 bits per heavy atom. The minimum Gasteiger partial charge on any atom is -0.497 e. The molecule has 0 amide bonds. The normalized spacial score (nSPS) is 24.3. The van der Waals surface area contributed by atoms with Crippen molar-refractivity contribution in [3.05, 3.63) is 65.3 Å². The predicted octanol–water partition coefficient (Wildman–Crippen LogP) is 5.03. The number of ether oxygens (including phenoxy) is 3. The number of aromatic nitrogens is 3. The fraction of sp³-hybridized carbons (Fsp3) is 0.462. The number of aryl methyl sites for hydroxylation is 2. The summed E-state index contributed by atoms with van der Waals surface area (Å²) in [6.45, 7) is 8.40. The van der Waals surface area contributed by atoms with Crippen LogP contribution in [0.3, 0.4) is 0 Å². The molecule has 3 heterocycles. The Hall–Kier alpha value is -2.70. The first-order valence-corrected chi connectivity index (χ1v) is 11.4. The van der Waals surface area contributed by atoms with Gasteiger partial charge in [0, 0.05) is 11.6 Å². The van der Waals surface area contributed by atoms with Crippen LogP contribution in [0.1, 0.15) is 51.4 Å². The van der Waals surface area contributed by atoms with Crippen LogP contribution in [-0.4, -0.2) is 39.6 Å². The monoisotopic (exact) mass is 433 g/mol. The first kappa shape index (κ1) is 21.2. The molecule has 2 aromatic heterocycles. The second kappa shape index (κ2) is 8.01. The highest BCUT2D eigenvalue weighted by atomic mass is 16.8. The Bertz CT molecular complexity index is 1160. The number of rotatable bonds is 6. The zero-order chi connectivity index (χ0) is 22.5. The summed E-state index contributed by atoms with van der Waals surface area (Å²) in [5.74, 6) is 0.303. The molecule has 1 fully saturated rings. The lowest BCUT2D eigenvalue weighted by molar-refractivity contribution is -0.148. The summed E-state index contributed by atoms with van der Waals surface area (Å²) in [5, 5.41) is 1.11. The molecule has 0 unspecified atom stereocenters. The lowest BCUT2D eigenvalue weighted by Crippen LogP contribution is -2.28. The number of nitrogens with zero attached hydrogens (tertiary/aromatic N) is 3. The smallest absolute Gasteiger partial charge is 0.164 e. The minimum atomic E-state index is -0.573. The second-order valence-corrected chi connectivity index (χ2v) is 9.16. The molecule has 3 aromatic rings. The van der Waals surface area contributed by atoms with Gasteiger partial charge >= 0.3 is 0 Å². The molecule has 5 rings (SSSR count). The van der Waals surface area contributed by atoms with E-state index < -0.39 is 5.79 Å². The van der Waals surface area contributed by atoms with Crippen molar-refractivity contribution in [2.45, 2.75) is 71.0 Å². The molecule has 6 heteroatoms. The van der Waals surface area contributed by atoms with E-state index in [0.29, 0.717) is 0 Å². The summed E-state index contributed by atoms with van der Waals surface area (Å²) >= 11 is 0. The SMILES string of the molecule is CCC1=C(C)[C@@H](n2ccc3c(CCc4ccc(OC)cc4)ncnc32)[C@@H]2OC(C)(C)O[C@H]12. The number of benzene rings is 1. The van der Waals surface area contributed by atoms with Gasteiger partial charge in [0.2, 0.25) is 0 Å². The summed E-state index contributed by atoms with van der Waals surface area (Å²) in [4.78, 5) is 9.29. The maximum atomic E-state index is 6.38. The van der Waals surface area contributed by atoms with Crippen LogP contribution in [0, 0.1) is 0 Å². The molecule has 1 aliphatic carbocycles. The van der Waals surface area contributed by atoms with Crippen molar-refractivity contribution < 1.29 is 14.2 Å². The molecular formula is C26H31N3O3. The van der Waals surface area contributed by atoms with Gasteiger partial charge in [-0.15, -0.1) is 0 Å². The fourth-order valence-corrected chi connectivity index (χ4v) is 5.30. The molecule has 0 N–H and O–H groups in total. The lowest BCUT2D eigenvalue weighted by Gasteiger charge is -2.25. The molecule has 0 radical (unpaired) electrons. The van der Waals surface area contributed by atoms with E-state index in [4.69, 9.17) is 14.2 Å². The van der Waals surface area contributed by atoms with E-state index >= 15 is 0 Å². The van der Waals surface area contributed by atoms with E-state index in [9.17, 15) is 0 Å². The summed E-state index contributed by atoms with van der Waals surface area (Å²) in [6, 6.07) is 10.5. The van der Waals surface area contributed by atoms with Crippen molar-refractivity contribution in [2.75, 3.05) is 7.11 Å². The Morgan fingerprint density at radius 2 is 1.84 bits per heavy atom. The molecule has 32 heavy (non-hydrogen) atoms. The van der Waals surface area contributed by atoms with E-state index in [1.54, 1.807) is 13.4 Å². The first-order chi connectivity index (χ1) is 15.4. The molecule has 1 aliphatic heterocycles. The maximum Gasteiger partial charge on any atom is 0.164 e. The number of hydrogen-bond donors (Lipinski definition) is 0. The van der Waals surface area contributed by atoms with E-state index in [0.717, 1.165) is 41.7 Å². The minimum absolute atomic E-state index is 0.00818. The van der Waals surface area contributed by atoms with E-state index in [1.807, 2.05) is 26.0 Å². The highest BCUT2D eigenvalue weighted by molar-refractivity contribution is 5.79. The summed E-state index contributed by atoms with van der Waals surface area (Å²) in [7, 11) is 1.69. The average molecular weight is 434 g/mol.